The van der Waals surface area contributed by atoms with Gasteiger partial charge in [0, 0.05) is 48.8 Å². The molecule has 2 nitrogen and oxygen atoms in total. The molecular weight excluding hydrogens is 315 g/mol. The summed E-state index contributed by atoms with van der Waals surface area (Å²) in [5.41, 5.74) is 4.71. The van der Waals surface area contributed by atoms with Crippen molar-refractivity contribution in [2.75, 3.05) is 13.1 Å². The van der Waals surface area contributed by atoms with Crippen LogP contribution in [-0.4, -0.2) is 23.7 Å². The summed E-state index contributed by atoms with van der Waals surface area (Å²) in [4.78, 5) is 7.06. The second-order valence-electron chi connectivity index (χ2n) is 5.81. The van der Waals surface area contributed by atoms with Crippen molar-refractivity contribution in [1.82, 2.24) is 4.90 Å². The largest absolute Gasteiger partial charge is 0.294 e. The predicted octanol–water partition coefficient (Wildman–Crippen LogP) is 5.09. The Morgan fingerprint density at radius 1 is 1.18 bits per heavy atom. The van der Waals surface area contributed by atoms with Gasteiger partial charge in [-0.2, -0.15) is 0 Å². The Balaban J connectivity index is 1.79. The number of benzene rings is 1. The van der Waals surface area contributed by atoms with Gasteiger partial charge in [0.1, 0.15) is 5.16 Å². The first-order valence-corrected chi connectivity index (χ1v) is 8.52. The SMILES string of the molecule is CCC1=C(Cl)N=C2CCN(Cc3ccccc3)CC2=C(Cl)C1. The molecule has 0 unspecified atom stereocenters. The Morgan fingerprint density at radius 2 is 1.95 bits per heavy atom. The van der Waals surface area contributed by atoms with Crippen LogP contribution < -0.4 is 0 Å². The summed E-state index contributed by atoms with van der Waals surface area (Å²) >= 11 is 12.9. The van der Waals surface area contributed by atoms with E-state index in [1.54, 1.807) is 0 Å². The smallest absolute Gasteiger partial charge is 0.128 e. The van der Waals surface area contributed by atoms with Gasteiger partial charge in [0.15, 0.2) is 0 Å². The first-order chi connectivity index (χ1) is 10.7. The Labute approximate surface area is 142 Å². The van der Waals surface area contributed by atoms with Crippen LogP contribution in [0.4, 0.5) is 0 Å². The summed E-state index contributed by atoms with van der Waals surface area (Å²) in [6.07, 6.45) is 2.54. The topological polar surface area (TPSA) is 15.6 Å². The zero-order valence-corrected chi connectivity index (χ0v) is 14.3. The highest BCUT2D eigenvalue weighted by Crippen LogP contribution is 2.33. The average molecular weight is 335 g/mol. The maximum atomic E-state index is 6.58. The highest BCUT2D eigenvalue weighted by molar-refractivity contribution is 6.35. The van der Waals surface area contributed by atoms with E-state index in [0.29, 0.717) is 5.16 Å². The van der Waals surface area contributed by atoms with Gasteiger partial charge >= 0.3 is 0 Å². The fourth-order valence-corrected chi connectivity index (χ4v) is 3.62. The van der Waals surface area contributed by atoms with Gasteiger partial charge in [-0.15, -0.1) is 0 Å². The maximum absolute atomic E-state index is 6.58. The van der Waals surface area contributed by atoms with E-state index >= 15 is 0 Å². The minimum Gasteiger partial charge on any atom is -0.294 e. The van der Waals surface area contributed by atoms with Crippen molar-refractivity contribution >= 4 is 28.9 Å². The van der Waals surface area contributed by atoms with Crippen LogP contribution in [0.5, 0.6) is 0 Å². The first kappa shape index (κ1) is 15.8. The number of aliphatic imine (C=N–C) groups is 1. The Hall–Kier alpha value is -1.09. The van der Waals surface area contributed by atoms with E-state index in [4.69, 9.17) is 23.2 Å². The van der Waals surface area contributed by atoms with Crippen molar-refractivity contribution in [3.05, 3.63) is 57.2 Å². The van der Waals surface area contributed by atoms with E-state index in [0.717, 1.165) is 55.2 Å². The van der Waals surface area contributed by atoms with E-state index in [-0.39, 0.29) is 0 Å². The number of halogens is 2. The number of hydrogen-bond acceptors (Lipinski definition) is 2. The van der Waals surface area contributed by atoms with Crippen molar-refractivity contribution in [1.29, 1.82) is 0 Å². The Kier molecular flexibility index (Phi) is 5.02. The van der Waals surface area contributed by atoms with E-state index in [1.807, 2.05) is 0 Å². The fourth-order valence-electron chi connectivity index (χ4n) is 2.99. The number of fused-ring (bicyclic) bond motifs is 1. The third-order valence-corrected chi connectivity index (χ3v) is 5.01. The molecular formula is C18H20Cl2N2. The number of allylic oxidation sites excluding steroid dienone is 2. The molecule has 0 aliphatic carbocycles. The van der Waals surface area contributed by atoms with Crippen LogP contribution in [0, 0.1) is 0 Å². The third-order valence-electron chi connectivity index (χ3n) is 4.29. The van der Waals surface area contributed by atoms with Crippen LogP contribution in [0.3, 0.4) is 0 Å². The molecule has 2 aliphatic rings. The van der Waals surface area contributed by atoms with Gasteiger partial charge in [-0.1, -0.05) is 60.5 Å². The third kappa shape index (κ3) is 3.45. The quantitative estimate of drug-likeness (QED) is 0.703. The average Bonchev–Trinajstić information content (AvgIpc) is 2.65. The van der Waals surface area contributed by atoms with E-state index in [1.165, 1.54) is 11.1 Å². The van der Waals surface area contributed by atoms with Crippen LogP contribution in [0.1, 0.15) is 31.7 Å². The van der Waals surface area contributed by atoms with Gasteiger partial charge < -0.3 is 0 Å². The number of likely N-dealkylation sites (tertiary alicyclic amines) is 1. The summed E-state index contributed by atoms with van der Waals surface area (Å²) in [6.45, 7) is 4.90. The molecule has 0 N–H and O–H groups in total. The zero-order valence-electron chi connectivity index (χ0n) is 12.8. The molecule has 1 aromatic carbocycles. The minimum absolute atomic E-state index is 0.641. The van der Waals surface area contributed by atoms with Crippen molar-refractivity contribution in [2.24, 2.45) is 4.99 Å². The normalized spacial score (nSPS) is 19.9. The van der Waals surface area contributed by atoms with Crippen LogP contribution in [0.2, 0.25) is 0 Å². The predicted molar refractivity (Wildman–Crippen MR) is 94.4 cm³/mol. The molecule has 22 heavy (non-hydrogen) atoms. The van der Waals surface area contributed by atoms with Gasteiger partial charge in [0.2, 0.25) is 0 Å². The fraction of sp³-hybridized carbons (Fsp3) is 0.389. The molecule has 1 aromatic rings. The maximum Gasteiger partial charge on any atom is 0.128 e. The molecule has 1 saturated heterocycles. The van der Waals surface area contributed by atoms with E-state index in [2.05, 4.69) is 47.1 Å². The van der Waals surface area contributed by atoms with Gasteiger partial charge in [0.05, 0.1) is 0 Å². The molecule has 2 heterocycles. The van der Waals surface area contributed by atoms with Crippen molar-refractivity contribution < 1.29 is 0 Å². The van der Waals surface area contributed by atoms with E-state index < -0.39 is 0 Å². The van der Waals surface area contributed by atoms with Crippen LogP contribution in [0.15, 0.2) is 56.7 Å². The number of piperidine rings is 1. The standard InChI is InChI=1S/C18H20Cl2N2/c1-2-14-10-16(19)15-12-22(9-8-17(15)21-18(14)20)11-13-6-4-3-5-7-13/h3-7H,2,8-12H2,1H3. The molecule has 4 heteroatoms. The van der Waals surface area contributed by atoms with Crippen molar-refractivity contribution in [2.45, 2.75) is 32.7 Å². The molecule has 0 amide bonds. The second kappa shape index (κ2) is 6.99. The molecule has 0 atom stereocenters. The lowest BCUT2D eigenvalue weighted by Gasteiger charge is -2.30. The van der Waals surface area contributed by atoms with Crippen LogP contribution in [0.25, 0.3) is 0 Å². The summed E-state index contributed by atoms with van der Waals surface area (Å²) < 4.78 is 0. The Morgan fingerprint density at radius 3 is 2.68 bits per heavy atom. The second-order valence-corrected chi connectivity index (χ2v) is 6.63. The molecule has 1 fully saturated rings. The molecule has 0 bridgehead atoms. The molecule has 0 radical (unpaired) electrons. The van der Waals surface area contributed by atoms with Crippen LogP contribution >= 0.6 is 23.2 Å². The highest BCUT2D eigenvalue weighted by Gasteiger charge is 2.25. The number of rotatable bonds is 3. The van der Waals surface area contributed by atoms with Gasteiger partial charge in [-0.3, -0.25) is 4.90 Å². The van der Waals surface area contributed by atoms with E-state index in [9.17, 15) is 0 Å². The number of hydrogen-bond donors (Lipinski definition) is 0. The molecule has 3 rings (SSSR count). The molecule has 2 aliphatic heterocycles. The van der Waals surface area contributed by atoms with Crippen molar-refractivity contribution in [3.8, 4) is 0 Å². The summed E-state index contributed by atoms with van der Waals surface area (Å²) in [6, 6.07) is 10.6. The Bertz CT molecular complexity index is 644. The minimum atomic E-state index is 0.641. The van der Waals surface area contributed by atoms with Gasteiger partial charge in [-0.05, 0) is 17.6 Å². The zero-order chi connectivity index (χ0) is 15.5. The molecule has 116 valence electrons. The monoisotopic (exact) mass is 334 g/mol. The summed E-state index contributed by atoms with van der Waals surface area (Å²) in [5, 5.41) is 1.55. The lowest BCUT2D eigenvalue weighted by molar-refractivity contribution is 0.289. The lowest BCUT2D eigenvalue weighted by Crippen LogP contribution is -2.35. The molecule has 0 saturated carbocycles. The highest BCUT2D eigenvalue weighted by atomic mass is 35.5. The number of nitrogens with zero attached hydrogens (tertiary/aromatic N) is 2. The summed E-state index contributed by atoms with van der Waals surface area (Å²) in [5.74, 6) is 0. The molecule has 0 spiro atoms. The first-order valence-electron chi connectivity index (χ1n) is 7.76. The van der Waals surface area contributed by atoms with Crippen LogP contribution in [-0.2, 0) is 6.54 Å². The van der Waals surface area contributed by atoms with Crippen molar-refractivity contribution in [3.63, 3.8) is 0 Å². The summed E-state index contributed by atoms with van der Waals surface area (Å²) in [7, 11) is 0. The van der Waals surface area contributed by atoms with Gasteiger partial charge in [-0.25, -0.2) is 4.99 Å². The van der Waals surface area contributed by atoms with Gasteiger partial charge in [0.25, 0.3) is 0 Å². The lowest BCUT2D eigenvalue weighted by atomic mass is 9.99. The molecule has 0 aromatic heterocycles.